The van der Waals surface area contributed by atoms with Gasteiger partial charge in [0, 0.05) is 24.9 Å². The molecule has 1 aromatic rings. The maximum atomic E-state index is 6.05. The van der Waals surface area contributed by atoms with Crippen LogP contribution in [0.2, 0.25) is 0 Å². The molecular formula is C17H29N3O. The highest BCUT2D eigenvalue weighted by Crippen LogP contribution is 2.36. The van der Waals surface area contributed by atoms with E-state index in [1.807, 2.05) is 7.05 Å². The molecule has 1 aromatic heterocycles. The molecule has 0 aromatic carbocycles. The maximum Gasteiger partial charge on any atom is 0.160 e. The van der Waals surface area contributed by atoms with Crippen molar-refractivity contribution in [3.63, 3.8) is 0 Å². The van der Waals surface area contributed by atoms with Crippen LogP contribution in [0.3, 0.4) is 0 Å². The molecule has 1 unspecified atom stereocenters. The Morgan fingerprint density at radius 3 is 2.48 bits per heavy atom. The molecular weight excluding hydrogens is 262 g/mol. The van der Waals surface area contributed by atoms with Crippen LogP contribution in [0.4, 0.5) is 5.82 Å². The fourth-order valence-electron chi connectivity index (χ4n) is 3.33. The summed E-state index contributed by atoms with van der Waals surface area (Å²) in [6, 6.07) is 0. The lowest BCUT2D eigenvalue weighted by atomic mass is 9.84. The van der Waals surface area contributed by atoms with Crippen molar-refractivity contribution in [1.82, 2.24) is 9.97 Å². The molecule has 1 saturated carbocycles. The Labute approximate surface area is 128 Å². The number of anilines is 1. The average molecular weight is 291 g/mol. The van der Waals surface area contributed by atoms with E-state index in [0.29, 0.717) is 5.92 Å². The van der Waals surface area contributed by atoms with Gasteiger partial charge in [-0.3, -0.25) is 0 Å². The third-order valence-corrected chi connectivity index (χ3v) is 4.51. The molecule has 4 nitrogen and oxygen atoms in total. The number of nitrogens with zero attached hydrogens (tertiary/aromatic N) is 2. The Kier molecular flexibility index (Phi) is 5.97. The molecule has 1 atom stereocenters. The van der Waals surface area contributed by atoms with Crippen LogP contribution < -0.4 is 5.32 Å². The molecule has 0 bridgehead atoms. The molecule has 0 saturated heterocycles. The molecule has 1 fully saturated rings. The van der Waals surface area contributed by atoms with E-state index in [9.17, 15) is 0 Å². The van der Waals surface area contributed by atoms with E-state index in [1.54, 1.807) is 0 Å². The average Bonchev–Trinajstić information content (AvgIpc) is 2.54. The summed E-state index contributed by atoms with van der Waals surface area (Å²) in [5.41, 5.74) is 2.28. The standard InChI is InChI=1S/C17H29N3O/c1-5-14-12(3)16(18-4)20-17(19-14)15(21-6-2)13-10-8-7-9-11-13/h13,15H,5-11H2,1-4H3,(H,18,19,20). The van der Waals surface area contributed by atoms with Crippen molar-refractivity contribution in [3.05, 3.63) is 17.1 Å². The summed E-state index contributed by atoms with van der Waals surface area (Å²) in [5, 5.41) is 3.20. The van der Waals surface area contributed by atoms with Crippen LogP contribution in [-0.2, 0) is 11.2 Å². The van der Waals surface area contributed by atoms with E-state index >= 15 is 0 Å². The van der Waals surface area contributed by atoms with E-state index < -0.39 is 0 Å². The lowest BCUT2D eigenvalue weighted by molar-refractivity contribution is -0.000240. The SMILES string of the molecule is CCOC(c1nc(CC)c(C)c(NC)n1)C1CCCCC1. The second-order valence-corrected chi connectivity index (χ2v) is 5.88. The van der Waals surface area contributed by atoms with Gasteiger partial charge in [-0.25, -0.2) is 9.97 Å². The normalized spacial score (nSPS) is 17.7. The molecule has 1 aliphatic carbocycles. The van der Waals surface area contributed by atoms with Gasteiger partial charge in [0.25, 0.3) is 0 Å². The van der Waals surface area contributed by atoms with Crippen molar-refractivity contribution in [1.29, 1.82) is 0 Å². The predicted octanol–water partition coefficient (Wildman–Crippen LogP) is 4.05. The summed E-state index contributed by atoms with van der Waals surface area (Å²) in [7, 11) is 1.93. The minimum atomic E-state index is 0.0494. The largest absolute Gasteiger partial charge is 0.373 e. The summed E-state index contributed by atoms with van der Waals surface area (Å²) in [6.07, 6.45) is 7.41. The molecule has 0 aliphatic heterocycles. The van der Waals surface area contributed by atoms with Crippen molar-refractivity contribution in [2.75, 3.05) is 19.0 Å². The molecule has 1 aliphatic rings. The summed E-state index contributed by atoms with van der Waals surface area (Å²) >= 11 is 0. The smallest absolute Gasteiger partial charge is 0.160 e. The van der Waals surface area contributed by atoms with Crippen LogP contribution in [0, 0.1) is 12.8 Å². The number of aromatic nitrogens is 2. The Morgan fingerprint density at radius 1 is 1.19 bits per heavy atom. The van der Waals surface area contributed by atoms with Gasteiger partial charge in [0.05, 0.1) is 0 Å². The van der Waals surface area contributed by atoms with Gasteiger partial charge in [0.15, 0.2) is 5.82 Å². The topological polar surface area (TPSA) is 47.0 Å². The second-order valence-electron chi connectivity index (χ2n) is 5.88. The number of hydrogen-bond donors (Lipinski definition) is 1. The first-order chi connectivity index (χ1) is 10.2. The molecule has 118 valence electrons. The fourth-order valence-corrected chi connectivity index (χ4v) is 3.33. The molecule has 1 N–H and O–H groups in total. The summed E-state index contributed by atoms with van der Waals surface area (Å²) < 4.78 is 6.05. The van der Waals surface area contributed by atoms with Gasteiger partial charge in [-0.2, -0.15) is 0 Å². The van der Waals surface area contributed by atoms with E-state index in [4.69, 9.17) is 14.7 Å². The Bertz CT molecular complexity index is 430. The number of hydrogen-bond acceptors (Lipinski definition) is 4. The maximum absolute atomic E-state index is 6.05. The van der Waals surface area contributed by atoms with Crippen molar-refractivity contribution in [2.24, 2.45) is 5.92 Å². The van der Waals surface area contributed by atoms with Gasteiger partial charge in [-0.15, -0.1) is 0 Å². The van der Waals surface area contributed by atoms with Crippen LogP contribution >= 0.6 is 0 Å². The first-order valence-electron chi connectivity index (χ1n) is 8.38. The first-order valence-corrected chi connectivity index (χ1v) is 8.38. The molecule has 0 spiro atoms. The first kappa shape index (κ1) is 16.2. The minimum Gasteiger partial charge on any atom is -0.373 e. The quantitative estimate of drug-likeness (QED) is 0.859. The Hall–Kier alpha value is -1.16. The fraction of sp³-hybridized carbons (Fsp3) is 0.765. The summed E-state index contributed by atoms with van der Waals surface area (Å²) in [5.74, 6) is 2.38. The van der Waals surface area contributed by atoms with Crippen molar-refractivity contribution >= 4 is 5.82 Å². The van der Waals surface area contributed by atoms with Crippen LogP contribution in [0.25, 0.3) is 0 Å². The lowest BCUT2D eigenvalue weighted by Gasteiger charge is -2.29. The minimum absolute atomic E-state index is 0.0494. The van der Waals surface area contributed by atoms with Gasteiger partial charge >= 0.3 is 0 Å². The van der Waals surface area contributed by atoms with E-state index in [-0.39, 0.29) is 6.10 Å². The molecule has 1 heterocycles. The third kappa shape index (κ3) is 3.73. The highest BCUT2D eigenvalue weighted by molar-refractivity contribution is 5.45. The van der Waals surface area contributed by atoms with Gasteiger partial charge in [-0.1, -0.05) is 26.2 Å². The zero-order valence-corrected chi connectivity index (χ0v) is 13.9. The van der Waals surface area contributed by atoms with Crippen molar-refractivity contribution < 1.29 is 4.74 Å². The van der Waals surface area contributed by atoms with Gasteiger partial charge in [0.1, 0.15) is 11.9 Å². The number of nitrogens with one attached hydrogen (secondary N) is 1. The Morgan fingerprint density at radius 2 is 1.90 bits per heavy atom. The van der Waals surface area contributed by atoms with Crippen molar-refractivity contribution in [3.8, 4) is 0 Å². The molecule has 2 rings (SSSR count). The van der Waals surface area contributed by atoms with Gasteiger partial charge in [-0.05, 0) is 39.0 Å². The summed E-state index contributed by atoms with van der Waals surface area (Å²) in [4.78, 5) is 9.56. The highest BCUT2D eigenvalue weighted by Gasteiger charge is 2.28. The number of aryl methyl sites for hydroxylation is 1. The van der Waals surface area contributed by atoms with Crippen LogP contribution in [-0.4, -0.2) is 23.6 Å². The van der Waals surface area contributed by atoms with Crippen LogP contribution in [0.15, 0.2) is 0 Å². The monoisotopic (exact) mass is 291 g/mol. The van der Waals surface area contributed by atoms with E-state index in [2.05, 4.69) is 26.1 Å². The molecule has 0 radical (unpaired) electrons. The summed E-state index contributed by atoms with van der Waals surface area (Å²) in [6.45, 7) is 7.01. The predicted molar refractivity (Wildman–Crippen MR) is 86.6 cm³/mol. The van der Waals surface area contributed by atoms with Gasteiger partial charge in [0.2, 0.25) is 0 Å². The number of rotatable bonds is 6. The second kappa shape index (κ2) is 7.74. The molecule has 4 heteroatoms. The molecule has 21 heavy (non-hydrogen) atoms. The molecule has 0 amide bonds. The Balaban J connectivity index is 2.34. The van der Waals surface area contributed by atoms with Gasteiger partial charge < -0.3 is 10.1 Å². The zero-order chi connectivity index (χ0) is 15.2. The van der Waals surface area contributed by atoms with E-state index in [1.165, 1.54) is 32.1 Å². The highest BCUT2D eigenvalue weighted by atomic mass is 16.5. The third-order valence-electron chi connectivity index (χ3n) is 4.51. The van der Waals surface area contributed by atoms with Crippen LogP contribution in [0.1, 0.15) is 69.1 Å². The van der Waals surface area contributed by atoms with Crippen molar-refractivity contribution in [2.45, 2.75) is 65.4 Å². The van der Waals surface area contributed by atoms with E-state index in [0.717, 1.165) is 35.9 Å². The number of ether oxygens (including phenoxy) is 1. The lowest BCUT2D eigenvalue weighted by Crippen LogP contribution is -2.22. The van der Waals surface area contributed by atoms with Crippen LogP contribution in [0.5, 0.6) is 0 Å². The zero-order valence-electron chi connectivity index (χ0n) is 13.9.